The van der Waals surface area contributed by atoms with Crippen molar-refractivity contribution in [3.05, 3.63) is 27.3 Å². The Morgan fingerprint density at radius 3 is 2.41 bits per heavy atom. The average molecular weight is 389 g/mol. The molecule has 0 aliphatic carbocycles. The third kappa shape index (κ3) is 2.79. The van der Waals surface area contributed by atoms with Crippen LogP contribution in [0, 0.1) is 3.57 Å². The van der Waals surface area contributed by atoms with E-state index in [1.807, 2.05) is 22.6 Å². The number of benzene rings is 1. The molecule has 1 fully saturated rings. The van der Waals surface area contributed by atoms with Crippen molar-refractivity contribution in [3.8, 4) is 5.75 Å². The van der Waals surface area contributed by atoms with Gasteiger partial charge in [-0.3, -0.25) is 5.73 Å². The van der Waals surface area contributed by atoms with Crippen LogP contribution in [0.15, 0.2) is 18.2 Å². The first-order valence-electron chi connectivity index (χ1n) is 4.19. The molecule has 0 spiro atoms. The van der Waals surface area contributed by atoms with Gasteiger partial charge in [-0.1, -0.05) is 9.05 Å². The van der Waals surface area contributed by atoms with Crippen molar-refractivity contribution in [3.63, 3.8) is 0 Å². The van der Waals surface area contributed by atoms with Crippen molar-refractivity contribution in [1.82, 2.24) is 0 Å². The van der Waals surface area contributed by atoms with E-state index in [-0.39, 0.29) is 11.3 Å². The predicted molar refractivity (Wildman–Crippen MR) is 65.2 cm³/mol. The van der Waals surface area contributed by atoms with Gasteiger partial charge in [-0.2, -0.15) is 0 Å². The van der Waals surface area contributed by atoms with Gasteiger partial charge in [-0.15, -0.1) is 0 Å². The van der Waals surface area contributed by atoms with Crippen LogP contribution in [0.25, 0.3) is 0 Å². The van der Waals surface area contributed by atoms with Gasteiger partial charge in [0, 0.05) is 14.7 Å². The smallest absolute Gasteiger partial charge is 0.507 e. The Labute approximate surface area is 111 Å². The number of halogens is 1. The van der Waals surface area contributed by atoms with Gasteiger partial charge >= 0.3 is 22.4 Å². The monoisotopic (exact) mass is 389 g/mol. The highest BCUT2D eigenvalue weighted by molar-refractivity contribution is 14.1. The summed E-state index contributed by atoms with van der Waals surface area (Å²) in [4.78, 5) is 0. The Kier molecular flexibility index (Phi) is 3.74. The summed E-state index contributed by atoms with van der Waals surface area (Å²) in [5.41, 5.74) is 5.98. The molecule has 0 bridgehead atoms. The van der Waals surface area contributed by atoms with E-state index in [2.05, 4.69) is 4.31 Å². The second-order valence-electron chi connectivity index (χ2n) is 3.05. The zero-order chi connectivity index (χ0) is 12.6. The Bertz CT molecular complexity index is 493. The van der Waals surface area contributed by atoms with E-state index >= 15 is 0 Å². The molecule has 10 heteroatoms. The number of phenols is 1. The Morgan fingerprint density at radius 1 is 1.29 bits per heavy atom. The normalized spacial score (nSPS) is 29.3. The Hall–Kier alpha value is -0.210. The van der Waals surface area contributed by atoms with Gasteiger partial charge in [0.15, 0.2) is 4.31 Å². The zero-order valence-corrected chi connectivity index (χ0v) is 12.0. The minimum absolute atomic E-state index is 0.0544. The van der Waals surface area contributed by atoms with Crippen LogP contribution in [0.3, 0.4) is 0 Å². The first-order valence-corrected chi connectivity index (χ1v) is 7.46. The maximum Gasteiger partial charge on any atom is 0.752 e. The number of nitrogens with two attached hydrogens (primary N) is 1. The summed E-state index contributed by atoms with van der Waals surface area (Å²) >= 11 is 1.87. The third-order valence-electron chi connectivity index (χ3n) is 1.90. The Morgan fingerprint density at radius 2 is 1.88 bits per heavy atom. The summed E-state index contributed by atoms with van der Waals surface area (Å²) in [6, 6.07) is 4.25. The molecule has 3 N–H and O–H groups in total. The summed E-state index contributed by atoms with van der Waals surface area (Å²) in [6.45, 7) is 0. The molecule has 0 radical (unpaired) electrons. The SMILES string of the molecule is NC1(c2ccc(O)c(I)c2)O[P+](=O)O[P+](=O)O1. The molecular weight excluding hydrogens is 383 g/mol. The number of aromatic hydroxyl groups is 1. The van der Waals surface area contributed by atoms with Crippen molar-refractivity contribution in [2.45, 2.75) is 5.91 Å². The van der Waals surface area contributed by atoms with E-state index in [9.17, 15) is 14.2 Å². The number of hydrogen-bond donors (Lipinski definition) is 2. The topological polar surface area (TPSA) is 108 Å². The second-order valence-corrected chi connectivity index (χ2v) is 6.12. The van der Waals surface area contributed by atoms with Crippen LogP contribution in [-0.2, 0) is 28.4 Å². The van der Waals surface area contributed by atoms with Crippen LogP contribution in [0.4, 0.5) is 0 Å². The van der Waals surface area contributed by atoms with Crippen LogP contribution in [0.1, 0.15) is 5.56 Å². The largest absolute Gasteiger partial charge is 0.752 e. The average Bonchev–Trinajstić information content (AvgIpc) is 2.19. The minimum Gasteiger partial charge on any atom is -0.507 e. The fraction of sp³-hybridized carbons (Fsp3) is 0.143. The fourth-order valence-corrected chi connectivity index (χ4v) is 3.16. The van der Waals surface area contributed by atoms with E-state index in [1.54, 1.807) is 0 Å². The summed E-state index contributed by atoms with van der Waals surface area (Å²) in [7, 11) is -5.22. The molecule has 7 nitrogen and oxygen atoms in total. The molecule has 0 saturated carbocycles. The van der Waals surface area contributed by atoms with Gasteiger partial charge in [0.05, 0.1) is 3.57 Å². The highest BCUT2D eigenvalue weighted by atomic mass is 127. The van der Waals surface area contributed by atoms with Gasteiger partial charge in [0.2, 0.25) is 0 Å². The summed E-state index contributed by atoms with van der Waals surface area (Å²) in [6.07, 6.45) is 0. The Balaban J connectivity index is 2.39. The molecule has 2 atom stereocenters. The summed E-state index contributed by atoms with van der Waals surface area (Å²) in [5, 5.41) is 9.36. The van der Waals surface area contributed by atoms with Gasteiger partial charge < -0.3 is 5.11 Å². The highest BCUT2D eigenvalue weighted by Crippen LogP contribution is 2.53. The quantitative estimate of drug-likeness (QED) is 0.561. The van der Waals surface area contributed by atoms with Gasteiger partial charge in [-0.25, -0.2) is 0 Å². The lowest BCUT2D eigenvalue weighted by atomic mass is 10.1. The van der Waals surface area contributed by atoms with Crippen molar-refractivity contribution in [2.75, 3.05) is 0 Å². The van der Waals surface area contributed by atoms with Crippen LogP contribution >= 0.6 is 39.1 Å². The lowest BCUT2D eigenvalue weighted by molar-refractivity contribution is -0.131. The lowest BCUT2D eigenvalue weighted by Crippen LogP contribution is -2.40. The molecule has 1 aliphatic rings. The van der Waals surface area contributed by atoms with Gasteiger partial charge in [0.1, 0.15) is 5.75 Å². The first-order chi connectivity index (χ1) is 7.90. The molecular formula is C7H6INO6P2+2. The molecule has 2 rings (SSSR count). The first kappa shape index (κ1) is 13.2. The molecule has 90 valence electrons. The van der Waals surface area contributed by atoms with E-state index < -0.39 is 22.4 Å². The minimum atomic E-state index is -2.61. The predicted octanol–water partition coefficient (Wildman–Crippen LogP) is 2.44. The molecule has 1 aromatic rings. The molecule has 0 amide bonds. The second kappa shape index (κ2) is 4.81. The maximum atomic E-state index is 11.1. The third-order valence-corrected chi connectivity index (χ3v) is 4.67. The maximum absolute atomic E-state index is 11.1. The van der Waals surface area contributed by atoms with E-state index in [0.29, 0.717) is 3.57 Å². The van der Waals surface area contributed by atoms with Crippen molar-refractivity contribution in [2.24, 2.45) is 5.73 Å². The molecule has 1 aliphatic heterocycles. The molecule has 0 aromatic heterocycles. The van der Waals surface area contributed by atoms with E-state index in [0.717, 1.165) is 0 Å². The van der Waals surface area contributed by atoms with E-state index in [4.69, 9.17) is 14.8 Å². The molecule has 1 heterocycles. The van der Waals surface area contributed by atoms with Crippen LogP contribution in [0.2, 0.25) is 0 Å². The van der Waals surface area contributed by atoms with Crippen LogP contribution in [-0.4, -0.2) is 5.11 Å². The van der Waals surface area contributed by atoms with Crippen LogP contribution < -0.4 is 5.73 Å². The standard InChI is InChI=1S/C7H5INO6P2/c8-5-3-4(1-2-6(5)10)7(9)13-16(11)15-17(12)14-7/h1-3H,9H2/q+1/p+1. The summed E-state index contributed by atoms with van der Waals surface area (Å²) in [5.74, 6) is -1.86. The van der Waals surface area contributed by atoms with Crippen molar-refractivity contribution < 1.29 is 27.6 Å². The van der Waals surface area contributed by atoms with E-state index in [1.165, 1.54) is 18.2 Å². The molecule has 2 unspecified atom stereocenters. The van der Waals surface area contributed by atoms with Crippen molar-refractivity contribution >= 4 is 39.1 Å². The number of hydrogen-bond acceptors (Lipinski definition) is 7. The van der Waals surface area contributed by atoms with Crippen LogP contribution in [0.5, 0.6) is 5.75 Å². The highest BCUT2D eigenvalue weighted by Gasteiger charge is 2.61. The van der Waals surface area contributed by atoms with Gasteiger partial charge in [-0.05, 0) is 40.8 Å². The summed E-state index contributed by atoms with van der Waals surface area (Å²) < 4.78 is 36.6. The molecule has 1 saturated heterocycles. The number of rotatable bonds is 1. The number of phenolic OH excluding ortho intramolecular Hbond substituents is 1. The fourth-order valence-electron chi connectivity index (χ4n) is 1.15. The molecule has 1 aromatic carbocycles. The zero-order valence-electron chi connectivity index (χ0n) is 8.07. The molecule has 17 heavy (non-hydrogen) atoms. The lowest BCUT2D eigenvalue weighted by Gasteiger charge is -2.17. The van der Waals surface area contributed by atoms with Gasteiger partial charge in [0.25, 0.3) is 0 Å². The van der Waals surface area contributed by atoms with Crippen molar-refractivity contribution in [1.29, 1.82) is 0 Å².